The van der Waals surface area contributed by atoms with E-state index in [4.69, 9.17) is 5.73 Å². The van der Waals surface area contributed by atoms with Crippen molar-refractivity contribution in [3.63, 3.8) is 0 Å². The number of nitrogens with two attached hydrogens (primary N) is 1. The Hall–Kier alpha value is -1.16. The number of benzene rings is 1. The molecule has 1 heterocycles. The molecule has 2 nitrogen and oxygen atoms in total. The van der Waals surface area contributed by atoms with E-state index in [0.29, 0.717) is 6.54 Å². The first kappa shape index (κ1) is 15.8. The normalized spacial score (nSPS) is 9.06. The van der Waals surface area contributed by atoms with Crippen LogP contribution in [0.4, 0.5) is 4.39 Å². The van der Waals surface area contributed by atoms with Crippen molar-refractivity contribution in [1.82, 2.24) is 4.98 Å². The molecule has 17 heavy (non-hydrogen) atoms. The topological polar surface area (TPSA) is 38.9 Å². The van der Waals surface area contributed by atoms with Crippen LogP contribution in [0.3, 0.4) is 0 Å². The van der Waals surface area contributed by atoms with E-state index in [2.05, 4.69) is 4.98 Å². The minimum atomic E-state index is -0.239. The summed E-state index contributed by atoms with van der Waals surface area (Å²) in [4.78, 5) is 4.04. The first-order valence-corrected chi connectivity index (χ1v) is 4.70. The van der Waals surface area contributed by atoms with Crippen LogP contribution in [0.25, 0.3) is 11.1 Å². The number of halogens is 3. The van der Waals surface area contributed by atoms with Crippen LogP contribution >= 0.6 is 24.8 Å². The van der Waals surface area contributed by atoms with Gasteiger partial charge in [0.2, 0.25) is 0 Å². The summed E-state index contributed by atoms with van der Waals surface area (Å²) in [7, 11) is 0. The first-order chi connectivity index (χ1) is 7.31. The monoisotopic (exact) mass is 274 g/mol. The minimum Gasteiger partial charge on any atom is -0.326 e. The highest BCUT2D eigenvalue weighted by Gasteiger charge is 2.03. The van der Waals surface area contributed by atoms with Gasteiger partial charge < -0.3 is 5.73 Å². The molecule has 0 atom stereocenters. The average molecular weight is 275 g/mol. The molecular weight excluding hydrogens is 262 g/mol. The van der Waals surface area contributed by atoms with Crippen molar-refractivity contribution in [3.8, 4) is 11.1 Å². The van der Waals surface area contributed by atoms with Crippen molar-refractivity contribution in [2.45, 2.75) is 6.54 Å². The molecule has 0 saturated heterocycles. The summed E-state index contributed by atoms with van der Waals surface area (Å²) in [5.41, 5.74) is 8.52. The lowest BCUT2D eigenvalue weighted by molar-refractivity contribution is 0.628. The van der Waals surface area contributed by atoms with E-state index in [0.717, 1.165) is 16.7 Å². The molecule has 0 spiro atoms. The average Bonchev–Trinajstić information content (AvgIpc) is 2.30. The lowest BCUT2D eigenvalue weighted by atomic mass is 10.0. The molecule has 1 aromatic carbocycles. The Balaban J connectivity index is 0.00000128. The van der Waals surface area contributed by atoms with Crippen LogP contribution in [0, 0.1) is 5.82 Å². The smallest absolute Gasteiger partial charge is 0.123 e. The molecule has 92 valence electrons. The lowest BCUT2D eigenvalue weighted by Crippen LogP contribution is -1.99. The Morgan fingerprint density at radius 3 is 2.29 bits per heavy atom. The molecule has 1 aromatic heterocycles. The second-order valence-electron chi connectivity index (χ2n) is 3.24. The predicted octanol–water partition coefficient (Wildman–Crippen LogP) is 3.19. The molecule has 0 aliphatic carbocycles. The zero-order chi connectivity index (χ0) is 10.7. The molecule has 5 heteroatoms. The summed E-state index contributed by atoms with van der Waals surface area (Å²) < 4.78 is 12.7. The SMILES string of the molecule is Cl.Cl.NCc1ccncc1-c1ccc(F)cc1. The summed E-state index contributed by atoms with van der Waals surface area (Å²) in [6.45, 7) is 0.454. The fourth-order valence-corrected chi connectivity index (χ4v) is 1.49. The van der Waals surface area contributed by atoms with E-state index in [9.17, 15) is 4.39 Å². The van der Waals surface area contributed by atoms with Crippen molar-refractivity contribution in [3.05, 3.63) is 54.1 Å². The van der Waals surface area contributed by atoms with E-state index in [1.54, 1.807) is 24.5 Å². The van der Waals surface area contributed by atoms with Crippen molar-refractivity contribution in [2.75, 3.05) is 0 Å². The predicted molar refractivity (Wildman–Crippen MR) is 72.0 cm³/mol. The van der Waals surface area contributed by atoms with Gasteiger partial charge in [0.25, 0.3) is 0 Å². The number of nitrogens with zero attached hydrogens (tertiary/aromatic N) is 1. The van der Waals surface area contributed by atoms with Crippen LogP contribution in [0.5, 0.6) is 0 Å². The van der Waals surface area contributed by atoms with Crippen molar-refractivity contribution in [2.24, 2.45) is 5.73 Å². The van der Waals surface area contributed by atoms with Crippen molar-refractivity contribution in [1.29, 1.82) is 0 Å². The molecule has 0 aliphatic heterocycles. The Kier molecular flexibility index (Phi) is 6.73. The van der Waals surface area contributed by atoms with Crippen LogP contribution < -0.4 is 5.73 Å². The van der Waals surface area contributed by atoms with Gasteiger partial charge in [0.15, 0.2) is 0 Å². The van der Waals surface area contributed by atoms with Gasteiger partial charge in [-0.3, -0.25) is 4.98 Å². The molecule has 0 fully saturated rings. The molecule has 0 radical (unpaired) electrons. The molecule has 2 rings (SSSR count). The summed E-state index contributed by atoms with van der Waals surface area (Å²) in [6.07, 6.45) is 3.45. The standard InChI is InChI=1S/C12H11FN2.2ClH/c13-11-3-1-9(2-4-11)12-8-15-6-5-10(12)7-14;;/h1-6,8H,7,14H2;2*1H. The van der Waals surface area contributed by atoms with Gasteiger partial charge in [0.1, 0.15) is 5.82 Å². The summed E-state index contributed by atoms with van der Waals surface area (Å²) in [5.74, 6) is -0.239. The van der Waals surface area contributed by atoms with Gasteiger partial charge in [-0.05, 0) is 29.3 Å². The van der Waals surface area contributed by atoms with Gasteiger partial charge >= 0.3 is 0 Å². The quantitative estimate of drug-likeness (QED) is 0.914. The van der Waals surface area contributed by atoms with E-state index in [1.165, 1.54) is 12.1 Å². The molecule has 2 aromatic rings. The zero-order valence-electron chi connectivity index (χ0n) is 8.97. The summed E-state index contributed by atoms with van der Waals surface area (Å²) in [5, 5.41) is 0. The molecule has 0 bridgehead atoms. The summed E-state index contributed by atoms with van der Waals surface area (Å²) in [6, 6.07) is 8.20. The van der Waals surface area contributed by atoms with Gasteiger partial charge in [-0.15, -0.1) is 24.8 Å². The number of pyridine rings is 1. The van der Waals surface area contributed by atoms with E-state index in [-0.39, 0.29) is 30.6 Å². The third-order valence-electron chi connectivity index (χ3n) is 2.29. The maximum Gasteiger partial charge on any atom is 0.123 e. The highest BCUT2D eigenvalue weighted by atomic mass is 35.5. The van der Waals surface area contributed by atoms with E-state index >= 15 is 0 Å². The number of rotatable bonds is 2. The fraction of sp³-hybridized carbons (Fsp3) is 0.0833. The second kappa shape index (κ2) is 7.22. The number of aromatic nitrogens is 1. The van der Waals surface area contributed by atoms with Gasteiger partial charge in [-0.25, -0.2) is 4.39 Å². The second-order valence-corrected chi connectivity index (χ2v) is 3.24. The van der Waals surface area contributed by atoms with Gasteiger partial charge in [0.05, 0.1) is 0 Å². The molecule has 0 unspecified atom stereocenters. The fourth-order valence-electron chi connectivity index (χ4n) is 1.49. The molecular formula is C12H13Cl2FN2. The zero-order valence-corrected chi connectivity index (χ0v) is 10.6. The molecule has 0 amide bonds. The first-order valence-electron chi connectivity index (χ1n) is 4.70. The number of hydrogen-bond donors (Lipinski definition) is 1. The molecule has 0 saturated carbocycles. The molecule has 2 N–H and O–H groups in total. The van der Waals surface area contributed by atoms with Crippen molar-refractivity contribution >= 4 is 24.8 Å². The highest BCUT2D eigenvalue weighted by molar-refractivity contribution is 5.85. The van der Waals surface area contributed by atoms with Crippen molar-refractivity contribution < 1.29 is 4.39 Å². The van der Waals surface area contributed by atoms with Gasteiger partial charge in [0, 0.05) is 24.5 Å². The Morgan fingerprint density at radius 2 is 1.71 bits per heavy atom. The van der Waals surface area contributed by atoms with Crippen LogP contribution in [0.1, 0.15) is 5.56 Å². The van der Waals surface area contributed by atoms with Crippen LogP contribution in [0.15, 0.2) is 42.7 Å². The van der Waals surface area contributed by atoms with Crippen LogP contribution in [-0.4, -0.2) is 4.98 Å². The third-order valence-corrected chi connectivity index (χ3v) is 2.29. The molecule has 0 aliphatic rings. The number of hydrogen-bond acceptors (Lipinski definition) is 2. The van der Waals surface area contributed by atoms with Crippen LogP contribution in [0.2, 0.25) is 0 Å². The lowest BCUT2D eigenvalue weighted by Gasteiger charge is -2.06. The maximum atomic E-state index is 12.7. The minimum absolute atomic E-state index is 0. The largest absolute Gasteiger partial charge is 0.326 e. The highest BCUT2D eigenvalue weighted by Crippen LogP contribution is 2.22. The Morgan fingerprint density at radius 1 is 1.06 bits per heavy atom. The van der Waals surface area contributed by atoms with E-state index < -0.39 is 0 Å². The maximum absolute atomic E-state index is 12.7. The van der Waals surface area contributed by atoms with Gasteiger partial charge in [-0.1, -0.05) is 12.1 Å². The van der Waals surface area contributed by atoms with Crippen LogP contribution in [-0.2, 0) is 6.54 Å². The van der Waals surface area contributed by atoms with E-state index in [1.807, 2.05) is 6.07 Å². The van der Waals surface area contributed by atoms with Gasteiger partial charge in [-0.2, -0.15) is 0 Å². The Bertz CT molecular complexity index is 460. The summed E-state index contributed by atoms with van der Waals surface area (Å²) >= 11 is 0. The Labute approximate surface area is 112 Å². The third kappa shape index (κ3) is 3.66.